The molecule has 0 spiro atoms. The molecular formula is C14H27N. The molecule has 1 saturated carbocycles. The second-order valence-electron chi connectivity index (χ2n) is 6.95. The van der Waals surface area contributed by atoms with Crippen molar-refractivity contribution in [3.63, 3.8) is 0 Å². The fraction of sp³-hybridized carbons (Fsp3) is 0.857. The Morgan fingerprint density at radius 1 is 1.20 bits per heavy atom. The molecule has 1 rings (SSSR count). The lowest BCUT2D eigenvalue weighted by Crippen LogP contribution is -2.44. The zero-order chi connectivity index (χ0) is 11.7. The van der Waals surface area contributed by atoms with Crippen LogP contribution in [0.5, 0.6) is 0 Å². The third kappa shape index (κ3) is 4.38. The van der Waals surface area contributed by atoms with Crippen LogP contribution in [0.1, 0.15) is 53.9 Å². The maximum Gasteiger partial charge on any atom is 0.0161 e. The van der Waals surface area contributed by atoms with E-state index in [1.807, 2.05) is 0 Å². The highest BCUT2D eigenvalue weighted by Crippen LogP contribution is 2.45. The molecule has 88 valence electrons. The molecule has 0 heterocycles. The second-order valence-corrected chi connectivity index (χ2v) is 6.95. The molecule has 0 saturated heterocycles. The average molecular weight is 209 g/mol. The van der Waals surface area contributed by atoms with E-state index in [1.54, 1.807) is 0 Å². The van der Waals surface area contributed by atoms with Crippen LogP contribution in [0, 0.1) is 10.8 Å². The molecule has 1 heteroatoms. The summed E-state index contributed by atoms with van der Waals surface area (Å²) in [5, 5.41) is 3.63. The molecule has 0 radical (unpaired) electrons. The van der Waals surface area contributed by atoms with Crippen LogP contribution in [0.4, 0.5) is 0 Å². The Balaban J connectivity index is 2.55. The van der Waals surface area contributed by atoms with Crippen molar-refractivity contribution < 1.29 is 0 Å². The second kappa shape index (κ2) is 4.29. The summed E-state index contributed by atoms with van der Waals surface area (Å²) in [7, 11) is 0. The molecule has 0 aromatic carbocycles. The maximum absolute atomic E-state index is 3.95. The summed E-state index contributed by atoms with van der Waals surface area (Å²) < 4.78 is 0. The third-order valence-corrected chi connectivity index (χ3v) is 3.25. The Morgan fingerprint density at radius 2 is 1.67 bits per heavy atom. The van der Waals surface area contributed by atoms with Crippen molar-refractivity contribution >= 4 is 0 Å². The minimum Gasteiger partial charge on any atom is -0.310 e. The summed E-state index contributed by atoms with van der Waals surface area (Å²) >= 11 is 0. The van der Waals surface area contributed by atoms with E-state index in [2.05, 4.69) is 46.5 Å². The molecule has 15 heavy (non-hydrogen) atoms. The van der Waals surface area contributed by atoms with Gasteiger partial charge in [-0.25, -0.2) is 0 Å². The monoisotopic (exact) mass is 209 g/mol. The van der Waals surface area contributed by atoms with Crippen LogP contribution >= 0.6 is 0 Å². The smallest absolute Gasteiger partial charge is 0.0161 e. The summed E-state index contributed by atoms with van der Waals surface area (Å²) in [4.78, 5) is 0. The van der Waals surface area contributed by atoms with Gasteiger partial charge in [0.15, 0.2) is 0 Å². The van der Waals surface area contributed by atoms with Gasteiger partial charge in [-0.15, -0.1) is 0 Å². The van der Waals surface area contributed by atoms with E-state index in [9.17, 15) is 0 Å². The predicted molar refractivity (Wildman–Crippen MR) is 68.0 cm³/mol. The maximum atomic E-state index is 3.95. The van der Waals surface area contributed by atoms with Gasteiger partial charge in [-0.1, -0.05) is 39.8 Å². The molecule has 0 atom stereocenters. The summed E-state index contributed by atoms with van der Waals surface area (Å²) in [6.45, 7) is 16.6. The molecule has 0 aromatic heterocycles. The molecule has 1 fully saturated rings. The van der Waals surface area contributed by atoms with Gasteiger partial charge in [0, 0.05) is 12.6 Å². The van der Waals surface area contributed by atoms with Crippen LogP contribution < -0.4 is 5.32 Å². The Bertz CT molecular complexity index is 222. The zero-order valence-corrected chi connectivity index (χ0v) is 11.1. The van der Waals surface area contributed by atoms with Gasteiger partial charge < -0.3 is 5.32 Å². The molecule has 0 unspecified atom stereocenters. The van der Waals surface area contributed by atoms with Crippen molar-refractivity contribution in [1.29, 1.82) is 0 Å². The molecule has 0 aromatic rings. The van der Waals surface area contributed by atoms with E-state index in [1.165, 1.54) is 24.8 Å². The Morgan fingerprint density at radius 3 is 2.07 bits per heavy atom. The average Bonchev–Trinajstić information content (AvgIpc) is 1.94. The minimum atomic E-state index is 0.481. The molecule has 1 N–H and O–H groups in total. The first-order chi connectivity index (χ1) is 6.70. The molecule has 0 aliphatic heterocycles. The number of rotatable bonds is 3. The highest BCUT2D eigenvalue weighted by Gasteiger charge is 2.37. The number of hydrogen-bond donors (Lipinski definition) is 1. The summed E-state index contributed by atoms with van der Waals surface area (Å²) in [6, 6.07) is 0.667. The van der Waals surface area contributed by atoms with Gasteiger partial charge in [-0.3, -0.25) is 0 Å². The van der Waals surface area contributed by atoms with Crippen molar-refractivity contribution in [1.82, 2.24) is 5.32 Å². The van der Waals surface area contributed by atoms with Gasteiger partial charge in [0.25, 0.3) is 0 Å². The largest absolute Gasteiger partial charge is 0.310 e. The molecule has 1 nitrogen and oxygen atoms in total. The van der Waals surface area contributed by atoms with Crippen LogP contribution in [-0.4, -0.2) is 12.6 Å². The quantitative estimate of drug-likeness (QED) is 0.698. The van der Waals surface area contributed by atoms with Gasteiger partial charge in [-0.05, 0) is 37.0 Å². The first-order valence-electron chi connectivity index (χ1n) is 6.08. The summed E-state index contributed by atoms with van der Waals surface area (Å²) in [6.07, 6.45) is 3.93. The molecule has 1 aliphatic rings. The Kier molecular flexibility index (Phi) is 3.65. The van der Waals surface area contributed by atoms with E-state index in [0.717, 1.165) is 6.54 Å². The van der Waals surface area contributed by atoms with Crippen molar-refractivity contribution in [2.24, 2.45) is 10.8 Å². The van der Waals surface area contributed by atoms with Gasteiger partial charge in [0.1, 0.15) is 0 Å². The lowest BCUT2D eigenvalue weighted by atomic mass is 9.63. The summed E-state index contributed by atoms with van der Waals surface area (Å²) in [5.74, 6) is 0. The van der Waals surface area contributed by atoms with Crippen molar-refractivity contribution in [2.75, 3.05) is 6.54 Å². The fourth-order valence-electron chi connectivity index (χ4n) is 3.31. The first-order valence-corrected chi connectivity index (χ1v) is 6.08. The van der Waals surface area contributed by atoms with E-state index < -0.39 is 0 Å². The zero-order valence-electron chi connectivity index (χ0n) is 11.1. The Labute approximate surface area is 95.3 Å². The first kappa shape index (κ1) is 12.8. The van der Waals surface area contributed by atoms with Gasteiger partial charge in [0.2, 0.25) is 0 Å². The van der Waals surface area contributed by atoms with Crippen LogP contribution in [-0.2, 0) is 0 Å². The fourth-order valence-corrected chi connectivity index (χ4v) is 3.31. The van der Waals surface area contributed by atoms with Crippen LogP contribution in [0.2, 0.25) is 0 Å². The van der Waals surface area contributed by atoms with E-state index >= 15 is 0 Å². The highest BCUT2D eigenvalue weighted by molar-refractivity contribution is 4.96. The number of hydrogen-bond acceptors (Lipinski definition) is 1. The lowest BCUT2D eigenvalue weighted by molar-refractivity contribution is 0.0863. The molecular weight excluding hydrogens is 182 g/mol. The van der Waals surface area contributed by atoms with E-state index in [0.29, 0.717) is 16.9 Å². The predicted octanol–water partition coefficient (Wildman–Crippen LogP) is 3.76. The topological polar surface area (TPSA) is 12.0 Å². The van der Waals surface area contributed by atoms with Crippen molar-refractivity contribution in [2.45, 2.75) is 59.9 Å². The highest BCUT2D eigenvalue weighted by atomic mass is 14.9. The molecule has 0 amide bonds. The van der Waals surface area contributed by atoms with E-state index in [-0.39, 0.29) is 0 Å². The van der Waals surface area contributed by atoms with Crippen LogP contribution in [0.3, 0.4) is 0 Å². The van der Waals surface area contributed by atoms with Crippen LogP contribution in [0.25, 0.3) is 0 Å². The van der Waals surface area contributed by atoms with Crippen molar-refractivity contribution in [3.8, 4) is 0 Å². The van der Waals surface area contributed by atoms with Crippen LogP contribution in [0.15, 0.2) is 12.2 Å². The van der Waals surface area contributed by atoms with Gasteiger partial charge in [0.05, 0.1) is 0 Å². The van der Waals surface area contributed by atoms with Crippen molar-refractivity contribution in [3.05, 3.63) is 12.2 Å². The van der Waals surface area contributed by atoms with Gasteiger partial charge >= 0.3 is 0 Å². The summed E-state index contributed by atoms with van der Waals surface area (Å²) in [5.41, 5.74) is 2.19. The normalized spacial score (nSPS) is 25.1. The minimum absolute atomic E-state index is 0.481. The van der Waals surface area contributed by atoms with Gasteiger partial charge in [-0.2, -0.15) is 0 Å². The lowest BCUT2D eigenvalue weighted by Gasteiger charge is -2.45. The standard InChI is InChI=1S/C14H27N/c1-11(2)9-15-12-7-13(3,4)10-14(5,6)8-12/h12,15H,1,7-10H2,2-6H3. The molecule has 1 aliphatic carbocycles. The Hall–Kier alpha value is -0.300. The number of nitrogens with one attached hydrogen (secondary N) is 1. The molecule has 0 bridgehead atoms. The third-order valence-electron chi connectivity index (χ3n) is 3.25. The SMILES string of the molecule is C=C(C)CNC1CC(C)(C)CC(C)(C)C1. The van der Waals surface area contributed by atoms with E-state index in [4.69, 9.17) is 0 Å².